The van der Waals surface area contributed by atoms with Gasteiger partial charge in [-0.1, -0.05) is 48.9 Å². The van der Waals surface area contributed by atoms with E-state index >= 15 is 0 Å². The number of carbonyl (C=O) groups is 1. The SMILES string of the molecule is CCC(=O)O.Clc1ccc2c(c1NCc1ccc(-c3ccncc3)cc1)CCNCC2.O=C=O. The van der Waals surface area contributed by atoms with E-state index in [1.807, 2.05) is 30.6 Å². The monoisotopic (exact) mass is 481 g/mol. The Morgan fingerprint density at radius 3 is 2.24 bits per heavy atom. The Balaban J connectivity index is 0.000000447. The Morgan fingerprint density at radius 1 is 1.03 bits per heavy atom. The summed E-state index contributed by atoms with van der Waals surface area (Å²) in [5.74, 6) is -0.745. The topological polar surface area (TPSA) is 108 Å². The van der Waals surface area contributed by atoms with E-state index in [0.29, 0.717) is 0 Å². The van der Waals surface area contributed by atoms with Crippen molar-refractivity contribution in [1.82, 2.24) is 10.3 Å². The number of anilines is 1. The standard InChI is InChI=1S/C22H22ClN3.C3H6O2.CO2/c23-21-6-5-19-9-13-25-14-10-20(19)22(21)26-15-16-1-3-17(4-2-16)18-7-11-24-12-8-18;1-2-3(4)5;2-1-3/h1-8,11-12,25-26H,9-10,13-15H2;2H2,1H3,(H,4,5);. The minimum Gasteiger partial charge on any atom is -0.481 e. The highest BCUT2D eigenvalue weighted by molar-refractivity contribution is 6.33. The van der Waals surface area contributed by atoms with Crippen LogP contribution in [-0.4, -0.2) is 35.3 Å². The lowest BCUT2D eigenvalue weighted by Crippen LogP contribution is -2.16. The molecule has 1 aromatic heterocycles. The third-order valence-corrected chi connectivity index (χ3v) is 5.54. The molecule has 178 valence electrons. The molecule has 0 aliphatic carbocycles. The molecule has 2 heterocycles. The molecular weight excluding hydrogens is 454 g/mol. The molecule has 8 heteroatoms. The van der Waals surface area contributed by atoms with Gasteiger partial charge in [0, 0.05) is 25.4 Å². The summed E-state index contributed by atoms with van der Waals surface area (Å²) in [6, 6.07) is 16.9. The molecule has 0 amide bonds. The van der Waals surface area contributed by atoms with E-state index in [-0.39, 0.29) is 12.6 Å². The lowest BCUT2D eigenvalue weighted by molar-refractivity contribution is -0.191. The molecule has 0 unspecified atom stereocenters. The number of nitrogens with zero attached hydrogens (tertiary/aromatic N) is 1. The van der Waals surface area contributed by atoms with E-state index in [2.05, 4.69) is 45.9 Å². The van der Waals surface area contributed by atoms with Gasteiger partial charge in [0.05, 0.1) is 10.7 Å². The summed E-state index contributed by atoms with van der Waals surface area (Å²) in [5, 5.41) is 15.6. The van der Waals surface area contributed by atoms with Crippen LogP contribution in [0.5, 0.6) is 0 Å². The molecule has 1 aliphatic rings. The zero-order valence-corrected chi connectivity index (χ0v) is 19.8. The van der Waals surface area contributed by atoms with Crippen molar-refractivity contribution in [1.29, 1.82) is 0 Å². The number of hydrogen-bond acceptors (Lipinski definition) is 6. The summed E-state index contributed by atoms with van der Waals surface area (Å²) in [6.45, 7) is 4.40. The van der Waals surface area contributed by atoms with Crippen molar-refractivity contribution < 1.29 is 19.5 Å². The summed E-state index contributed by atoms with van der Waals surface area (Å²) < 4.78 is 0. The van der Waals surface area contributed by atoms with Crippen LogP contribution in [0.25, 0.3) is 11.1 Å². The van der Waals surface area contributed by atoms with Gasteiger partial charge in [-0.2, -0.15) is 9.59 Å². The Bertz CT molecular complexity index is 1080. The zero-order chi connectivity index (χ0) is 24.8. The van der Waals surface area contributed by atoms with Gasteiger partial charge in [-0.25, -0.2) is 0 Å². The van der Waals surface area contributed by atoms with Crippen LogP contribution in [0.2, 0.25) is 5.02 Å². The van der Waals surface area contributed by atoms with E-state index in [1.165, 1.54) is 27.8 Å². The number of nitrogens with one attached hydrogen (secondary N) is 2. The number of carbonyl (C=O) groups excluding carboxylic acids is 2. The lowest BCUT2D eigenvalue weighted by Gasteiger charge is -2.16. The maximum atomic E-state index is 9.37. The number of aromatic nitrogens is 1. The first kappa shape index (κ1) is 26.7. The summed E-state index contributed by atoms with van der Waals surface area (Å²) in [7, 11) is 0. The average molecular weight is 482 g/mol. The second kappa shape index (κ2) is 14.6. The quantitative estimate of drug-likeness (QED) is 0.488. The first-order valence-electron chi connectivity index (χ1n) is 10.9. The minimum atomic E-state index is -0.745. The van der Waals surface area contributed by atoms with Gasteiger partial charge >= 0.3 is 12.1 Å². The first-order valence-corrected chi connectivity index (χ1v) is 11.3. The number of halogens is 1. The number of benzene rings is 2. The number of rotatable bonds is 5. The lowest BCUT2D eigenvalue weighted by atomic mass is 10.0. The Hall–Kier alpha value is -3.51. The summed E-state index contributed by atoms with van der Waals surface area (Å²) in [4.78, 5) is 29.7. The van der Waals surface area contributed by atoms with Crippen LogP contribution in [0, 0.1) is 0 Å². The van der Waals surface area contributed by atoms with Gasteiger partial charge in [0.25, 0.3) is 0 Å². The van der Waals surface area contributed by atoms with Crippen LogP contribution >= 0.6 is 11.6 Å². The van der Waals surface area contributed by atoms with Crippen molar-refractivity contribution in [2.24, 2.45) is 0 Å². The normalized spacial score (nSPS) is 11.8. The van der Waals surface area contributed by atoms with Crippen molar-refractivity contribution in [2.75, 3.05) is 18.4 Å². The number of carboxylic acids is 1. The fraction of sp³-hybridized carbons (Fsp3) is 0.269. The van der Waals surface area contributed by atoms with E-state index in [1.54, 1.807) is 6.92 Å². The van der Waals surface area contributed by atoms with Gasteiger partial charge < -0.3 is 15.7 Å². The first-order chi connectivity index (χ1) is 16.5. The third kappa shape index (κ3) is 8.45. The molecule has 3 aromatic rings. The van der Waals surface area contributed by atoms with Crippen LogP contribution in [-0.2, 0) is 33.8 Å². The largest absolute Gasteiger partial charge is 0.481 e. The molecular formula is C26H28ClN3O4. The van der Waals surface area contributed by atoms with Gasteiger partial charge in [-0.05, 0) is 71.9 Å². The molecule has 0 saturated carbocycles. The molecule has 3 N–H and O–H groups in total. The average Bonchev–Trinajstić information content (AvgIpc) is 3.11. The molecule has 0 bridgehead atoms. The van der Waals surface area contributed by atoms with Gasteiger partial charge in [0.1, 0.15) is 0 Å². The molecule has 0 radical (unpaired) electrons. The number of fused-ring (bicyclic) bond motifs is 1. The molecule has 0 spiro atoms. The maximum Gasteiger partial charge on any atom is 0.373 e. The van der Waals surface area contributed by atoms with Crippen molar-refractivity contribution in [3.05, 3.63) is 82.6 Å². The highest BCUT2D eigenvalue weighted by Crippen LogP contribution is 2.31. The van der Waals surface area contributed by atoms with E-state index in [4.69, 9.17) is 26.3 Å². The highest BCUT2D eigenvalue weighted by Gasteiger charge is 2.14. The van der Waals surface area contributed by atoms with E-state index < -0.39 is 5.97 Å². The molecule has 0 atom stereocenters. The maximum absolute atomic E-state index is 9.37. The van der Waals surface area contributed by atoms with Gasteiger partial charge in [0.2, 0.25) is 0 Å². The van der Waals surface area contributed by atoms with Crippen LogP contribution in [0.3, 0.4) is 0 Å². The fourth-order valence-electron chi connectivity index (χ4n) is 3.48. The number of carboxylic acid groups (broad SMARTS) is 1. The summed E-state index contributed by atoms with van der Waals surface area (Å²) in [5.41, 5.74) is 7.47. The van der Waals surface area contributed by atoms with Crippen LogP contribution < -0.4 is 10.6 Å². The van der Waals surface area contributed by atoms with Crippen molar-refractivity contribution in [3.8, 4) is 11.1 Å². The van der Waals surface area contributed by atoms with Crippen molar-refractivity contribution in [3.63, 3.8) is 0 Å². The highest BCUT2D eigenvalue weighted by atomic mass is 35.5. The third-order valence-electron chi connectivity index (χ3n) is 5.22. The molecule has 34 heavy (non-hydrogen) atoms. The minimum absolute atomic E-state index is 0.222. The summed E-state index contributed by atoms with van der Waals surface area (Å²) in [6.07, 6.45) is 6.19. The van der Waals surface area contributed by atoms with Crippen LogP contribution in [0.4, 0.5) is 5.69 Å². The van der Waals surface area contributed by atoms with Crippen LogP contribution in [0.15, 0.2) is 60.9 Å². The smallest absolute Gasteiger partial charge is 0.373 e. The number of pyridine rings is 1. The second-order valence-corrected chi connectivity index (χ2v) is 7.83. The van der Waals surface area contributed by atoms with E-state index in [0.717, 1.165) is 43.2 Å². The second-order valence-electron chi connectivity index (χ2n) is 7.43. The predicted octanol–water partition coefficient (Wildman–Crippen LogP) is 4.60. The predicted molar refractivity (Wildman–Crippen MR) is 132 cm³/mol. The molecule has 1 aliphatic heterocycles. The van der Waals surface area contributed by atoms with Gasteiger partial charge in [-0.15, -0.1) is 0 Å². The fourth-order valence-corrected chi connectivity index (χ4v) is 3.73. The molecule has 4 rings (SSSR count). The Morgan fingerprint density at radius 2 is 1.62 bits per heavy atom. The molecule has 0 saturated heterocycles. The van der Waals surface area contributed by atoms with E-state index in [9.17, 15) is 4.79 Å². The molecule has 0 fully saturated rings. The van der Waals surface area contributed by atoms with Gasteiger partial charge in [-0.3, -0.25) is 9.78 Å². The number of hydrogen-bond donors (Lipinski definition) is 3. The summed E-state index contributed by atoms with van der Waals surface area (Å²) >= 11 is 6.50. The molecule has 7 nitrogen and oxygen atoms in total. The Kier molecular flexibility index (Phi) is 11.5. The van der Waals surface area contributed by atoms with Crippen molar-refractivity contribution in [2.45, 2.75) is 32.7 Å². The zero-order valence-electron chi connectivity index (χ0n) is 19.0. The number of aliphatic carboxylic acids is 1. The van der Waals surface area contributed by atoms with Gasteiger partial charge in [0.15, 0.2) is 0 Å². The Labute approximate surface area is 204 Å². The van der Waals surface area contributed by atoms with Crippen LogP contribution in [0.1, 0.15) is 30.0 Å². The van der Waals surface area contributed by atoms with Crippen molar-refractivity contribution >= 4 is 29.4 Å². The molecule has 2 aromatic carbocycles.